The number of nitrogens with zero attached hydrogens (tertiary/aromatic N) is 5. The Balaban J connectivity index is 1.67. The van der Waals surface area contributed by atoms with Gasteiger partial charge in [0.15, 0.2) is 6.35 Å². The molecule has 0 aliphatic carbocycles. The molecular formula is C15H19ClN6O. The first-order valence-corrected chi connectivity index (χ1v) is 8.43. The second-order valence-corrected chi connectivity index (χ2v) is 7.22. The number of hydrogen-bond acceptors (Lipinski definition) is 6. The maximum atomic E-state index is 6.32. The second kappa shape index (κ2) is 4.80. The van der Waals surface area contributed by atoms with Crippen LogP contribution in [0.25, 0.3) is 5.65 Å². The van der Waals surface area contributed by atoms with E-state index < -0.39 is 6.35 Å². The van der Waals surface area contributed by atoms with Crippen molar-refractivity contribution in [3.8, 4) is 0 Å². The predicted octanol–water partition coefficient (Wildman–Crippen LogP) is 0.926. The summed E-state index contributed by atoms with van der Waals surface area (Å²) in [7, 11) is 0. The number of nitrogens with two attached hydrogens (primary N) is 1. The van der Waals surface area contributed by atoms with Gasteiger partial charge in [0, 0.05) is 18.8 Å². The number of rotatable bonds is 1. The molecular weight excluding hydrogens is 316 g/mol. The monoisotopic (exact) mass is 334 g/mol. The van der Waals surface area contributed by atoms with Gasteiger partial charge in [0.25, 0.3) is 0 Å². The number of anilines is 1. The van der Waals surface area contributed by atoms with Gasteiger partial charge in [-0.1, -0.05) is 11.6 Å². The number of piperidine rings is 3. The Morgan fingerprint density at radius 1 is 1.30 bits per heavy atom. The van der Waals surface area contributed by atoms with E-state index in [2.05, 4.69) is 19.8 Å². The second-order valence-electron chi connectivity index (χ2n) is 6.79. The van der Waals surface area contributed by atoms with Crippen molar-refractivity contribution in [2.45, 2.75) is 24.7 Å². The van der Waals surface area contributed by atoms with E-state index in [-0.39, 0.29) is 5.54 Å². The summed E-state index contributed by atoms with van der Waals surface area (Å²) in [5, 5.41) is 0.642. The van der Waals surface area contributed by atoms with Crippen LogP contribution in [0, 0.1) is 5.92 Å². The highest BCUT2D eigenvalue weighted by Gasteiger charge is 2.57. The highest BCUT2D eigenvalue weighted by atomic mass is 35.5. The van der Waals surface area contributed by atoms with Crippen molar-refractivity contribution in [3.63, 3.8) is 0 Å². The minimum absolute atomic E-state index is 0.103. The lowest BCUT2D eigenvalue weighted by molar-refractivity contribution is 0.0167. The predicted molar refractivity (Wildman–Crippen MR) is 86.3 cm³/mol. The molecule has 2 bridgehead atoms. The van der Waals surface area contributed by atoms with Crippen molar-refractivity contribution in [2.75, 3.05) is 31.1 Å². The SMILES string of the molecule is NC1OCC2(CN3CCC2CC3)N1c1ncnc2cc(Cl)cn12. The Morgan fingerprint density at radius 2 is 2.13 bits per heavy atom. The van der Waals surface area contributed by atoms with E-state index in [0.717, 1.165) is 18.1 Å². The highest BCUT2D eigenvalue weighted by molar-refractivity contribution is 6.31. The van der Waals surface area contributed by atoms with Gasteiger partial charge in [-0.3, -0.25) is 15.0 Å². The van der Waals surface area contributed by atoms with Crippen molar-refractivity contribution >= 4 is 23.2 Å². The van der Waals surface area contributed by atoms with Crippen LogP contribution in [0.2, 0.25) is 5.02 Å². The molecule has 2 atom stereocenters. The number of ether oxygens (including phenoxy) is 1. The van der Waals surface area contributed by atoms with E-state index in [4.69, 9.17) is 22.1 Å². The van der Waals surface area contributed by atoms with Gasteiger partial charge < -0.3 is 9.64 Å². The zero-order chi connectivity index (χ0) is 15.6. The molecule has 4 aliphatic heterocycles. The Labute approximate surface area is 139 Å². The van der Waals surface area contributed by atoms with Crippen LogP contribution >= 0.6 is 11.6 Å². The highest BCUT2D eigenvalue weighted by Crippen LogP contribution is 2.45. The minimum atomic E-state index is -0.491. The largest absolute Gasteiger partial charge is 0.343 e. The maximum absolute atomic E-state index is 6.32. The first-order chi connectivity index (χ1) is 11.2. The van der Waals surface area contributed by atoms with Crippen molar-refractivity contribution in [1.29, 1.82) is 0 Å². The summed E-state index contributed by atoms with van der Waals surface area (Å²) in [5.41, 5.74) is 6.99. The summed E-state index contributed by atoms with van der Waals surface area (Å²) in [4.78, 5) is 13.5. The fourth-order valence-corrected chi connectivity index (χ4v) is 4.78. The molecule has 7 nitrogen and oxygen atoms in total. The molecule has 8 heteroatoms. The van der Waals surface area contributed by atoms with E-state index in [1.54, 1.807) is 6.33 Å². The lowest BCUT2D eigenvalue weighted by Crippen LogP contribution is -2.68. The quantitative estimate of drug-likeness (QED) is 0.836. The minimum Gasteiger partial charge on any atom is -0.343 e. The van der Waals surface area contributed by atoms with E-state index >= 15 is 0 Å². The average molecular weight is 335 g/mol. The fraction of sp³-hybridized carbons (Fsp3) is 0.600. The van der Waals surface area contributed by atoms with Crippen LogP contribution in [-0.2, 0) is 4.74 Å². The molecule has 4 fully saturated rings. The molecule has 122 valence electrons. The Bertz CT molecular complexity index is 758. The van der Waals surface area contributed by atoms with Gasteiger partial charge in [-0.25, -0.2) is 9.97 Å². The smallest absolute Gasteiger partial charge is 0.216 e. The molecule has 0 radical (unpaired) electrons. The van der Waals surface area contributed by atoms with Gasteiger partial charge in [-0.05, 0) is 31.8 Å². The molecule has 23 heavy (non-hydrogen) atoms. The van der Waals surface area contributed by atoms with Gasteiger partial charge in [-0.2, -0.15) is 0 Å². The summed E-state index contributed by atoms with van der Waals surface area (Å²) < 4.78 is 7.80. The van der Waals surface area contributed by atoms with Gasteiger partial charge in [0.1, 0.15) is 12.0 Å². The zero-order valence-corrected chi connectivity index (χ0v) is 13.5. The lowest BCUT2D eigenvalue weighted by atomic mass is 9.72. The van der Waals surface area contributed by atoms with Crippen LogP contribution in [0.1, 0.15) is 12.8 Å². The lowest BCUT2D eigenvalue weighted by Gasteiger charge is -2.54. The van der Waals surface area contributed by atoms with Crippen molar-refractivity contribution in [1.82, 2.24) is 19.3 Å². The molecule has 2 aromatic rings. The van der Waals surface area contributed by atoms with Crippen molar-refractivity contribution in [2.24, 2.45) is 11.7 Å². The third kappa shape index (κ3) is 1.88. The van der Waals surface area contributed by atoms with Crippen LogP contribution in [0.5, 0.6) is 0 Å². The normalized spacial score (nSPS) is 36.4. The maximum Gasteiger partial charge on any atom is 0.216 e. The van der Waals surface area contributed by atoms with Gasteiger partial charge in [-0.15, -0.1) is 0 Å². The Hall–Kier alpha value is -1.41. The number of aromatic nitrogens is 3. The average Bonchev–Trinajstić information content (AvgIpc) is 3.08. The van der Waals surface area contributed by atoms with Gasteiger partial charge in [0.05, 0.1) is 17.2 Å². The van der Waals surface area contributed by atoms with E-state index in [0.29, 0.717) is 17.5 Å². The van der Waals surface area contributed by atoms with Crippen LogP contribution in [0.3, 0.4) is 0 Å². The Kier molecular flexibility index (Phi) is 2.91. The first kappa shape index (κ1) is 14.0. The van der Waals surface area contributed by atoms with Crippen molar-refractivity contribution < 1.29 is 4.74 Å². The third-order valence-electron chi connectivity index (χ3n) is 5.64. The van der Waals surface area contributed by atoms with Crippen LogP contribution in [-0.4, -0.2) is 57.4 Å². The molecule has 2 unspecified atom stereocenters. The van der Waals surface area contributed by atoms with Crippen LogP contribution in [0.15, 0.2) is 18.6 Å². The topological polar surface area (TPSA) is 71.9 Å². The third-order valence-corrected chi connectivity index (χ3v) is 5.85. The molecule has 2 aromatic heterocycles. The van der Waals surface area contributed by atoms with Gasteiger partial charge in [0.2, 0.25) is 5.95 Å². The van der Waals surface area contributed by atoms with E-state index in [1.807, 2.05) is 16.7 Å². The molecule has 0 saturated carbocycles. The Morgan fingerprint density at radius 3 is 2.87 bits per heavy atom. The van der Waals surface area contributed by atoms with Gasteiger partial charge >= 0.3 is 0 Å². The fourth-order valence-electron chi connectivity index (χ4n) is 4.58. The summed E-state index contributed by atoms with van der Waals surface area (Å²) >= 11 is 6.16. The standard InChI is InChI=1S/C15H19ClN6O/c16-11-5-12-18-9-19-14(21(12)6-11)22-13(17)23-8-15(22)7-20-3-1-10(15)2-4-20/h5-6,9-10,13H,1-4,7-8,17H2. The number of halogens is 1. The molecule has 0 aromatic carbocycles. The molecule has 6 rings (SSSR count). The van der Waals surface area contributed by atoms with Crippen molar-refractivity contribution in [3.05, 3.63) is 23.6 Å². The van der Waals surface area contributed by atoms with E-state index in [1.165, 1.54) is 25.9 Å². The molecule has 1 spiro atoms. The summed E-state index contributed by atoms with van der Waals surface area (Å²) in [6, 6.07) is 1.83. The van der Waals surface area contributed by atoms with E-state index in [9.17, 15) is 0 Å². The molecule has 4 aliphatic rings. The molecule has 2 N–H and O–H groups in total. The van der Waals surface area contributed by atoms with Crippen LogP contribution in [0.4, 0.5) is 5.95 Å². The summed E-state index contributed by atoms with van der Waals surface area (Å²) in [6.07, 6.45) is 5.29. The molecule has 6 heterocycles. The van der Waals surface area contributed by atoms with Crippen LogP contribution < -0.4 is 10.6 Å². The number of fused-ring (bicyclic) bond motifs is 3. The molecule has 4 saturated heterocycles. The molecule has 0 amide bonds. The first-order valence-electron chi connectivity index (χ1n) is 8.05. The summed E-state index contributed by atoms with van der Waals surface area (Å²) in [5.74, 6) is 1.35. The number of hydrogen-bond donors (Lipinski definition) is 1. The summed E-state index contributed by atoms with van der Waals surface area (Å²) in [6.45, 7) is 3.97. The zero-order valence-electron chi connectivity index (χ0n) is 12.7.